The van der Waals surface area contributed by atoms with Gasteiger partial charge < -0.3 is 25.7 Å². The minimum absolute atomic E-state index is 0.0288. The number of thiophene rings is 1. The molecule has 0 atom stereocenters. The molecule has 4 heterocycles. The third kappa shape index (κ3) is 5.45. The molecule has 0 saturated heterocycles. The SMILES string of the molecule is COc1cc(Cl)cc(C(=O)Nc2ccc(Cl)cn2)c1NC(=O)c1scc(Cn2cnc3c(=O)[nH]c(N)nc32)c1Cl. The quantitative estimate of drug-likeness (QED) is 0.203. The van der Waals surface area contributed by atoms with Gasteiger partial charge in [-0.2, -0.15) is 4.98 Å². The van der Waals surface area contributed by atoms with Gasteiger partial charge in [0.05, 0.1) is 41.3 Å². The van der Waals surface area contributed by atoms with E-state index in [1.54, 1.807) is 16.0 Å². The van der Waals surface area contributed by atoms with Crippen LogP contribution in [0.2, 0.25) is 15.1 Å². The van der Waals surface area contributed by atoms with Gasteiger partial charge in [-0.05, 0) is 23.6 Å². The van der Waals surface area contributed by atoms with Gasteiger partial charge in [0.1, 0.15) is 16.4 Å². The number of carbonyl (C=O) groups is 2. The number of imidazole rings is 1. The molecule has 0 unspecified atom stereocenters. The van der Waals surface area contributed by atoms with E-state index in [1.165, 1.54) is 37.8 Å². The summed E-state index contributed by atoms with van der Waals surface area (Å²) in [7, 11) is 1.38. The summed E-state index contributed by atoms with van der Waals surface area (Å²) in [6, 6.07) is 5.94. The molecule has 1 aromatic carbocycles. The number of H-pyrrole nitrogens is 1. The summed E-state index contributed by atoms with van der Waals surface area (Å²) in [5.74, 6) is -0.852. The molecule has 0 spiro atoms. The number of rotatable bonds is 7. The number of methoxy groups -OCH3 is 1. The number of ether oxygens (including phenoxy) is 1. The van der Waals surface area contributed by atoms with E-state index >= 15 is 0 Å². The van der Waals surface area contributed by atoms with Gasteiger partial charge in [-0.25, -0.2) is 9.97 Å². The fraction of sp³-hybridized carbons (Fsp3) is 0.0833. The van der Waals surface area contributed by atoms with Gasteiger partial charge in [-0.15, -0.1) is 11.3 Å². The Morgan fingerprint density at radius 1 is 1.12 bits per heavy atom. The number of pyridine rings is 1. The minimum Gasteiger partial charge on any atom is -0.494 e. The Kier molecular flexibility index (Phi) is 7.63. The van der Waals surface area contributed by atoms with E-state index in [9.17, 15) is 14.4 Å². The lowest BCUT2D eigenvalue weighted by molar-refractivity contribution is 0.102. The number of amides is 2. The standard InChI is InChI=1S/C24H17Cl3N8O4S/c1-39-14-5-12(26)4-13(21(36)31-15-3-2-11(25)6-29-15)17(14)32-23(38)19-16(27)10(8-40-19)7-35-9-30-18-20(35)33-24(28)34-22(18)37/h2-6,8-9H,7H2,1H3,(H,32,38)(H,29,31,36)(H3,28,33,34,37). The zero-order valence-corrected chi connectivity index (χ0v) is 23.4. The Labute approximate surface area is 244 Å². The largest absolute Gasteiger partial charge is 0.494 e. The number of benzene rings is 1. The molecule has 0 radical (unpaired) electrons. The van der Waals surface area contributed by atoms with Crippen molar-refractivity contribution in [3.8, 4) is 5.75 Å². The van der Waals surface area contributed by atoms with Crippen LogP contribution in [0.3, 0.4) is 0 Å². The maximum absolute atomic E-state index is 13.4. The second-order valence-corrected chi connectivity index (χ2v) is 10.3. The van der Waals surface area contributed by atoms with Crippen LogP contribution in [-0.4, -0.2) is 43.4 Å². The summed E-state index contributed by atoms with van der Waals surface area (Å²) >= 11 is 19.8. The number of nitrogens with two attached hydrogens (primary N) is 1. The number of fused-ring (bicyclic) bond motifs is 1. The Balaban J connectivity index is 1.43. The number of aromatic nitrogens is 5. The number of anilines is 3. The molecule has 4 aromatic heterocycles. The molecule has 0 fully saturated rings. The van der Waals surface area contributed by atoms with Crippen molar-refractivity contribution in [1.29, 1.82) is 0 Å². The molecule has 204 valence electrons. The number of halogens is 3. The van der Waals surface area contributed by atoms with Crippen molar-refractivity contribution in [3.63, 3.8) is 0 Å². The van der Waals surface area contributed by atoms with Crippen LogP contribution in [0.15, 0.2) is 47.0 Å². The van der Waals surface area contributed by atoms with Gasteiger partial charge in [0, 0.05) is 22.8 Å². The van der Waals surface area contributed by atoms with Gasteiger partial charge in [0.15, 0.2) is 11.2 Å². The summed E-state index contributed by atoms with van der Waals surface area (Å²) in [6.07, 6.45) is 2.81. The molecule has 0 bridgehead atoms. The van der Waals surface area contributed by atoms with Gasteiger partial charge >= 0.3 is 0 Å². The van der Waals surface area contributed by atoms with Gasteiger partial charge in [-0.3, -0.25) is 19.4 Å². The zero-order valence-electron chi connectivity index (χ0n) is 20.3. The molecule has 5 rings (SSSR count). The molecular weight excluding hydrogens is 603 g/mol. The molecular formula is C24H17Cl3N8O4S. The van der Waals surface area contributed by atoms with E-state index in [-0.39, 0.29) is 61.4 Å². The Bertz CT molecular complexity index is 1830. The minimum atomic E-state index is -0.599. The lowest BCUT2D eigenvalue weighted by Crippen LogP contribution is -2.19. The number of nitrogen functional groups attached to an aromatic ring is 1. The highest BCUT2D eigenvalue weighted by Crippen LogP contribution is 2.35. The predicted octanol–water partition coefficient (Wildman–Crippen LogP) is 4.68. The fourth-order valence-electron chi connectivity index (χ4n) is 3.76. The molecule has 5 N–H and O–H groups in total. The maximum atomic E-state index is 13.4. The van der Waals surface area contributed by atoms with Crippen LogP contribution in [0, 0.1) is 0 Å². The Hall–Kier alpha value is -4.17. The smallest absolute Gasteiger partial charge is 0.280 e. The van der Waals surface area contributed by atoms with Crippen LogP contribution in [0.25, 0.3) is 11.2 Å². The third-order valence-electron chi connectivity index (χ3n) is 5.58. The van der Waals surface area contributed by atoms with Crippen LogP contribution in [0.4, 0.5) is 17.5 Å². The second kappa shape index (κ2) is 11.1. The first kappa shape index (κ1) is 27.4. The van der Waals surface area contributed by atoms with Crippen molar-refractivity contribution >= 4 is 86.6 Å². The molecule has 0 saturated carbocycles. The Morgan fingerprint density at radius 2 is 1.93 bits per heavy atom. The van der Waals surface area contributed by atoms with E-state index in [4.69, 9.17) is 45.3 Å². The van der Waals surface area contributed by atoms with Gasteiger partial charge in [0.2, 0.25) is 5.95 Å². The second-order valence-electron chi connectivity index (χ2n) is 8.20. The van der Waals surface area contributed by atoms with Crippen LogP contribution in [0.5, 0.6) is 5.75 Å². The number of nitrogens with zero attached hydrogens (tertiary/aromatic N) is 4. The van der Waals surface area contributed by atoms with Crippen molar-refractivity contribution in [2.24, 2.45) is 0 Å². The van der Waals surface area contributed by atoms with E-state index in [1.807, 2.05) is 0 Å². The molecule has 0 aliphatic heterocycles. The highest BCUT2D eigenvalue weighted by molar-refractivity contribution is 7.13. The van der Waals surface area contributed by atoms with E-state index < -0.39 is 17.4 Å². The number of nitrogens with one attached hydrogen (secondary N) is 3. The predicted molar refractivity (Wildman–Crippen MR) is 154 cm³/mol. The molecule has 2 amide bonds. The lowest BCUT2D eigenvalue weighted by atomic mass is 10.1. The molecule has 40 heavy (non-hydrogen) atoms. The first-order valence-corrected chi connectivity index (χ1v) is 13.2. The number of hydrogen-bond donors (Lipinski definition) is 4. The first-order chi connectivity index (χ1) is 19.1. The fourth-order valence-corrected chi connectivity index (χ4v) is 5.33. The monoisotopic (exact) mass is 618 g/mol. The van der Waals surface area contributed by atoms with Crippen molar-refractivity contribution in [2.75, 3.05) is 23.5 Å². The summed E-state index contributed by atoms with van der Waals surface area (Å²) in [5, 5.41) is 7.82. The highest BCUT2D eigenvalue weighted by Gasteiger charge is 2.24. The maximum Gasteiger partial charge on any atom is 0.280 e. The molecule has 0 aliphatic rings. The van der Waals surface area contributed by atoms with Crippen LogP contribution < -0.4 is 26.7 Å². The van der Waals surface area contributed by atoms with Crippen molar-refractivity contribution in [3.05, 3.63) is 83.6 Å². The summed E-state index contributed by atoms with van der Waals surface area (Å²) in [4.78, 5) is 53.4. The van der Waals surface area contributed by atoms with Gasteiger partial charge in [-0.1, -0.05) is 34.8 Å². The van der Waals surface area contributed by atoms with E-state index in [0.717, 1.165) is 11.3 Å². The Morgan fingerprint density at radius 3 is 2.65 bits per heavy atom. The average Bonchev–Trinajstić information content (AvgIpc) is 3.49. The van der Waals surface area contributed by atoms with Crippen molar-refractivity contribution in [1.82, 2.24) is 24.5 Å². The van der Waals surface area contributed by atoms with Crippen molar-refractivity contribution < 1.29 is 14.3 Å². The van der Waals surface area contributed by atoms with Crippen LogP contribution in [-0.2, 0) is 6.54 Å². The zero-order chi connectivity index (χ0) is 28.6. The summed E-state index contributed by atoms with van der Waals surface area (Å²) < 4.78 is 6.98. The molecule has 5 aromatic rings. The number of carbonyl (C=O) groups excluding carboxylic acids is 2. The number of aromatic amines is 1. The van der Waals surface area contributed by atoms with E-state index in [2.05, 4.69) is 30.6 Å². The normalized spacial score (nSPS) is 11.0. The van der Waals surface area contributed by atoms with Crippen molar-refractivity contribution in [2.45, 2.75) is 6.54 Å². The molecule has 0 aliphatic carbocycles. The first-order valence-electron chi connectivity index (χ1n) is 11.2. The lowest BCUT2D eigenvalue weighted by Gasteiger charge is -2.15. The van der Waals surface area contributed by atoms with Crippen LogP contribution >= 0.6 is 46.1 Å². The summed E-state index contributed by atoms with van der Waals surface area (Å²) in [5.41, 5.74) is 6.27. The van der Waals surface area contributed by atoms with Gasteiger partial charge in [0.25, 0.3) is 17.4 Å². The van der Waals surface area contributed by atoms with Crippen LogP contribution in [0.1, 0.15) is 25.6 Å². The molecule has 12 nitrogen and oxygen atoms in total. The number of hydrogen-bond acceptors (Lipinski definition) is 9. The summed E-state index contributed by atoms with van der Waals surface area (Å²) in [6.45, 7) is 0.168. The van der Waals surface area contributed by atoms with E-state index in [0.29, 0.717) is 10.6 Å². The highest BCUT2D eigenvalue weighted by atomic mass is 35.5. The molecule has 16 heteroatoms. The average molecular weight is 620 g/mol. The topological polar surface area (TPSA) is 170 Å². The third-order valence-corrected chi connectivity index (χ3v) is 7.59.